The van der Waals surface area contributed by atoms with E-state index in [9.17, 15) is 8.42 Å². The van der Waals surface area contributed by atoms with Gasteiger partial charge in [-0.3, -0.25) is 0 Å². The average molecular weight is 345 g/mol. The van der Waals surface area contributed by atoms with Gasteiger partial charge in [-0.1, -0.05) is 36.4 Å². The first-order valence-corrected chi connectivity index (χ1v) is 9.58. The van der Waals surface area contributed by atoms with Crippen molar-refractivity contribution in [3.8, 4) is 0 Å². The summed E-state index contributed by atoms with van der Waals surface area (Å²) in [6, 6.07) is 13.5. The fourth-order valence-electron chi connectivity index (χ4n) is 3.06. The molecule has 1 atom stereocenters. The third-order valence-electron chi connectivity index (χ3n) is 4.61. The molecule has 1 saturated heterocycles. The molecule has 0 radical (unpaired) electrons. The monoisotopic (exact) mass is 345 g/mol. The maximum atomic E-state index is 13.1. The Hall–Kier alpha value is -1.69. The van der Waals surface area contributed by atoms with Crippen LogP contribution in [-0.4, -0.2) is 32.4 Å². The number of hydrogen-bond donors (Lipinski definition) is 0. The zero-order valence-electron chi connectivity index (χ0n) is 14.3. The van der Waals surface area contributed by atoms with Crippen LogP contribution in [0.25, 0.3) is 0 Å². The molecule has 1 unspecified atom stereocenters. The molecule has 5 heteroatoms. The van der Waals surface area contributed by atoms with Gasteiger partial charge in [-0.2, -0.15) is 4.31 Å². The van der Waals surface area contributed by atoms with E-state index < -0.39 is 10.0 Å². The molecule has 1 heterocycles. The summed E-state index contributed by atoms with van der Waals surface area (Å²) in [5, 5.41) is 0. The molecule has 2 aromatic carbocycles. The number of nitrogens with zero attached hydrogens (tertiary/aromatic N) is 1. The van der Waals surface area contributed by atoms with Crippen LogP contribution in [0.15, 0.2) is 47.4 Å². The van der Waals surface area contributed by atoms with E-state index in [1.54, 1.807) is 10.4 Å². The average Bonchev–Trinajstić information content (AvgIpc) is 2.59. The van der Waals surface area contributed by atoms with Crippen LogP contribution >= 0.6 is 0 Å². The fourth-order valence-corrected chi connectivity index (χ4v) is 4.78. The zero-order valence-corrected chi connectivity index (χ0v) is 15.1. The summed E-state index contributed by atoms with van der Waals surface area (Å²) in [6.45, 7) is 6.94. The first-order valence-electron chi connectivity index (χ1n) is 8.14. The van der Waals surface area contributed by atoms with Crippen molar-refractivity contribution in [2.45, 2.75) is 31.8 Å². The van der Waals surface area contributed by atoms with Gasteiger partial charge in [0.25, 0.3) is 0 Å². The van der Waals surface area contributed by atoms with E-state index >= 15 is 0 Å². The van der Waals surface area contributed by atoms with Gasteiger partial charge < -0.3 is 4.74 Å². The Morgan fingerprint density at radius 1 is 1.00 bits per heavy atom. The summed E-state index contributed by atoms with van der Waals surface area (Å²) < 4.78 is 33.6. The van der Waals surface area contributed by atoms with Gasteiger partial charge in [0.15, 0.2) is 0 Å². The molecular formula is C19H23NO3S. The van der Waals surface area contributed by atoms with Crippen LogP contribution in [0.5, 0.6) is 0 Å². The molecular weight excluding hydrogens is 322 g/mol. The second-order valence-corrected chi connectivity index (χ2v) is 8.24. The molecule has 0 saturated carbocycles. The van der Waals surface area contributed by atoms with E-state index in [1.807, 2.05) is 57.2 Å². The summed E-state index contributed by atoms with van der Waals surface area (Å²) in [4.78, 5) is 0.402. The van der Waals surface area contributed by atoms with Crippen LogP contribution in [0.3, 0.4) is 0 Å². The number of morpholine rings is 1. The largest absolute Gasteiger partial charge is 0.371 e. The Labute approximate surface area is 144 Å². The Kier molecular flexibility index (Phi) is 4.76. The Balaban J connectivity index is 1.91. The summed E-state index contributed by atoms with van der Waals surface area (Å²) in [5.74, 6) is 0. The lowest BCUT2D eigenvalue weighted by molar-refractivity contribution is -0.00256. The number of sulfonamides is 1. The Morgan fingerprint density at radius 3 is 2.38 bits per heavy atom. The Morgan fingerprint density at radius 2 is 1.67 bits per heavy atom. The number of benzene rings is 2. The van der Waals surface area contributed by atoms with Crippen LogP contribution in [0.4, 0.5) is 0 Å². The first kappa shape index (κ1) is 17.1. The van der Waals surface area contributed by atoms with Gasteiger partial charge in [-0.15, -0.1) is 0 Å². The van der Waals surface area contributed by atoms with Gasteiger partial charge in [0.2, 0.25) is 10.0 Å². The highest BCUT2D eigenvalue weighted by Gasteiger charge is 2.32. The molecule has 2 aromatic rings. The summed E-state index contributed by atoms with van der Waals surface area (Å²) in [6.07, 6.45) is -0.221. The van der Waals surface area contributed by atoms with Crippen molar-refractivity contribution in [1.82, 2.24) is 4.31 Å². The fraction of sp³-hybridized carbons (Fsp3) is 0.368. The molecule has 1 aliphatic rings. The second-order valence-electron chi connectivity index (χ2n) is 6.34. The molecule has 0 aliphatic carbocycles. The van der Waals surface area contributed by atoms with Crippen LogP contribution in [-0.2, 0) is 14.8 Å². The van der Waals surface area contributed by atoms with Crippen LogP contribution in [0.1, 0.15) is 28.4 Å². The molecule has 24 heavy (non-hydrogen) atoms. The summed E-state index contributed by atoms with van der Waals surface area (Å²) in [7, 11) is -3.52. The minimum atomic E-state index is -3.52. The Bertz CT molecular complexity index is 831. The van der Waals surface area contributed by atoms with Gasteiger partial charge in [-0.05, 0) is 49.1 Å². The molecule has 128 valence electrons. The normalized spacial score (nSPS) is 19.4. The summed E-state index contributed by atoms with van der Waals surface area (Å²) in [5.41, 5.74) is 3.90. The summed E-state index contributed by atoms with van der Waals surface area (Å²) >= 11 is 0. The predicted molar refractivity (Wildman–Crippen MR) is 94.5 cm³/mol. The lowest BCUT2D eigenvalue weighted by Gasteiger charge is -2.32. The van der Waals surface area contributed by atoms with Crippen molar-refractivity contribution in [1.29, 1.82) is 0 Å². The molecule has 0 N–H and O–H groups in total. The van der Waals surface area contributed by atoms with E-state index in [-0.39, 0.29) is 6.10 Å². The minimum absolute atomic E-state index is 0.221. The van der Waals surface area contributed by atoms with Gasteiger partial charge in [0.1, 0.15) is 0 Å². The standard InChI is InChI=1S/C19H23NO3S/c1-14-11-16(3)19(12-15(14)2)24(21,22)20-9-10-23-18(13-20)17-7-5-4-6-8-17/h4-8,11-12,18H,9-10,13H2,1-3H3. The number of hydrogen-bond acceptors (Lipinski definition) is 3. The highest BCUT2D eigenvalue weighted by atomic mass is 32.2. The molecule has 0 spiro atoms. The predicted octanol–water partition coefficient (Wildman–Crippen LogP) is 3.37. The number of aryl methyl sites for hydroxylation is 3. The first-order chi connectivity index (χ1) is 11.4. The van der Waals surface area contributed by atoms with Crippen molar-refractivity contribution in [3.05, 3.63) is 64.7 Å². The van der Waals surface area contributed by atoms with Crippen LogP contribution in [0, 0.1) is 20.8 Å². The minimum Gasteiger partial charge on any atom is -0.371 e. The molecule has 0 bridgehead atoms. The zero-order chi connectivity index (χ0) is 17.3. The van der Waals surface area contributed by atoms with Gasteiger partial charge >= 0.3 is 0 Å². The molecule has 1 fully saturated rings. The number of ether oxygens (including phenoxy) is 1. The third-order valence-corrected chi connectivity index (χ3v) is 6.62. The lowest BCUT2D eigenvalue weighted by atomic mass is 10.1. The smallest absolute Gasteiger partial charge is 0.243 e. The van der Waals surface area contributed by atoms with E-state index in [4.69, 9.17) is 4.74 Å². The highest BCUT2D eigenvalue weighted by Crippen LogP contribution is 2.28. The molecule has 0 amide bonds. The molecule has 1 aliphatic heterocycles. The SMILES string of the molecule is Cc1cc(C)c(S(=O)(=O)N2CCOC(c3ccccc3)C2)cc1C. The van der Waals surface area contributed by atoms with E-state index in [2.05, 4.69) is 0 Å². The van der Waals surface area contributed by atoms with Gasteiger partial charge in [-0.25, -0.2) is 8.42 Å². The van der Waals surface area contributed by atoms with Crippen LogP contribution in [0.2, 0.25) is 0 Å². The maximum absolute atomic E-state index is 13.1. The van der Waals surface area contributed by atoms with Gasteiger partial charge in [0.05, 0.1) is 17.6 Å². The maximum Gasteiger partial charge on any atom is 0.243 e. The molecule has 3 rings (SSSR count). The molecule has 0 aromatic heterocycles. The van der Waals surface area contributed by atoms with Crippen molar-refractivity contribution in [2.75, 3.05) is 19.7 Å². The van der Waals surface area contributed by atoms with Crippen molar-refractivity contribution in [3.63, 3.8) is 0 Å². The lowest BCUT2D eigenvalue weighted by Crippen LogP contribution is -2.42. The van der Waals surface area contributed by atoms with E-state index in [0.717, 1.165) is 22.3 Å². The number of rotatable bonds is 3. The van der Waals surface area contributed by atoms with E-state index in [0.29, 0.717) is 24.6 Å². The highest BCUT2D eigenvalue weighted by molar-refractivity contribution is 7.89. The second kappa shape index (κ2) is 6.67. The van der Waals surface area contributed by atoms with E-state index in [1.165, 1.54) is 0 Å². The van der Waals surface area contributed by atoms with Crippen molar-refractivity contribution < 1.29 is 13.2 Å². The van der Waals surface area contributed by atoms with Crippen molar-refractivity contribution in [2.24, 2.45) is 0 Å². The van der Waals surface area contributed by atoms with Crippen LogP contribution < -0.4 is 0 Å². The third kappa shape index (κ3) is 3.24. The van der Waals surface area contributed by atoms with Crippen molar-refractivity contribution >= 4 is 10.0 Å². The van der Waals surface area contributed by atoms with Gasteiger partial charge in [0, 0.05) is 13.1 Å². The quantitative estimate of drug-likeness (QED) is 0.857. The molecule has 4 nitrogen and oxygen atoms in total. The topological polar surface area (TPSA) is 46.6 Å².